The van der Waals surface area contributed by atoms with Crippen LogP contribution in [-0.4, -0.2) is 20.9 Å². The predicted octanol–water partition coefficient (Wildman–Crippen LogP) is 7.08. The molecule has 0 fully saturated rings. The lowest BCUT2D eigenvalue weighted by Crippen LogP contribution is -2.15. The van der Waals surface area contributed by atoms with Crippen molar-refractivity contribution in [2.45, 2.75) is 48.0 Å². The molecule has 0 aliphatic carbocycles. The van der Waals surface area contributed by atoms with Gasteiger partial charge in [0, 0.05) is 6.20 Å². The highest BCUT2D eigenvalue weighted by atomic mass is 16.5. The SMILES string of the molecule is CC.CC.CC.O=C(Cc1ccc(Oc2ncnc3ccccc23)cc1)Nc1ccccn1. The Labute approximate surface area is 197 Å². The van der Waals surface area contributed by atoms with E-state index in [-0.39, 0.29) is 12.3 Å². The monoisotopic (exact) mass is 446 g/mol. The normalized spacial score (nSPS) is 9.15. The number of aromatic nitrogens is 3. The summed E-state index contributed by atoms with van der Waals surface area (Å²) in [5.41, 5.74) is 1.70. The molecule has 2 aromatic heterocycles. The minimum absolute atomic E-state index is 0.121. The topological polar surface area (TPSA) is 77.0 Å². The van der Waals surface area contributed by atoms with Gasteiger partial charge >= 0.3 is 0 Å². The van der Waals surface area contributed by atoms with Gasteiger partial charge in [0.05, 0.1) is 17.3 Å². The highest BCUT2D eigenvalue weighted by Crippen LogP contribution is 2.26. The van der Waals surface area contributed by atoms with Gasteiger partial charge in [0.15, 0.2) is 0 Å². The van der Waals surface area contributed by atoms with Gasteiger partial charge in [-0.1, -0.05) is 71.9 Å². The van der Waals surface area contributed by atoms with Gasteiger partial charge in [0.25, 0.3) is 0 Å². The summed E-state index contributed by atoms with van der Waals surface area (Å²) in [5, 5.41) is 3.61. The summed E-state index contributed by atoms with van der Waals surface area (Å²) in [6.07, 6.45) is 3.37. The van der Waals surface area contributed by atoms with Crippen molar-refractivity contribution >= 4 is 22.6 Å². The molecule has 0 aliphatic heterocycles. The van der Waals surface area contributed by atoms with Crippen LogP contribution >= 0.6 is 0 Å². The lowest BCUT2D eigenvalue weighted by Gasteiger charge is -2.08. The maximum atomic E-state index is 12.1. The van der Waals surface area contributed by atoms with Crippen molar-refractivity contribution < 1.29 is 9.53 Å². The highest BCUT2D eigenvalue weighted by Gasteiger charge is 2.07. The molecule has 174 valence electrons. The Kier molecular flexibility index (Phi) is 13.1. The van der Waals surface area contributed by atoms with E-state index in [0.29, 0.717) is 17.4 Å². The second kappa shape index (κ2) is 15.9. The zero-order chi connectivity index (χ0) is 24.5. The van der Waals surface area contributed by atoms with Gasteiger partial charge in [-0.15, -0.1) is 0 Å². The first-order chi connectivity index (χ1) is 16.3. The molecule has 0 spiro atoms. The number of fused-ring (bicyclic) bond motifs is 1. The zero-order valence-corrected chi connectivity index (χ0v) is 20.4. The van der Waals surface area contributed by atoms with E-state index < -0.39 is 0 Å². The largest absolute Gasteiger partial charge is 0.438 e. The number of hydrogen-bond acceptors (Lipinski definition) is 5. The fourth-order valence-corrected chi connectivity index (χ4v) is 2.66. The van der Waals surface area contributed by atoms with Gasteiger partial charge in [-0.05, 0) is 42.0 Å². The van der Waals surface area contributed by atoms with Crippen LogP contribution < -0.4 is 10.1 Å². The van der Waals surface area contributed by atoms with Crippen LogP contribution in [0.5, 0.6) is 11.6 Å². The fourth-order valence-electron chi connectivity index (χ4n) is 2.66. The van der Waals surface area contributed by atoms with E-state index in [1.807, 2.05) is 96.1 Å². The van der Waals surface area contributed by atoms with Crippen LogP contribution in [0.3, 0.4) is 0 Å². The first-order valence-electron chi connectivity index (χ1n) is 11.5. The molecule has 6 nitrogen and oxygen atoms in total. The summed E-state index contributed by atoms with van der Waals surface area (Å²) >= 11 is 0. The number of carbonyl (C=O) groups excluding carboxylic acids is 1. The quantitative estimate of drug-likeness (QED) is 0.354. The van der Waals surface area contributed by atoms with Gasteiger partial charge in [-0.2, -0.15) is 0 Å². The molecule has 0 bridgehead atoms. The maximum Gasteiger partial charge on any atom is 0.230 e. The summed E-state index contributed by atoms with van der Waals surface area (Å²) < 4.78 is 5.89. The van der Waals surface area contributed by atoms with Crippen LogP contribution in [0.2, 0.25) is 0 Å². The summed E-state index contributed by atoms with van der Waals surface area (Å²) in [6.45, 7) is 12.0. The second-order valence-electron chi connectivity index (χ2n) is 5.88. The Bertz CT molecular complexity index is 1060. The van der Waals surface area contributed by atoms with Crippen molar-refractivity contribution in [2.24, 2.45) is 0 Å². The Hall–Kier alpha value is -3.80. The third kappa shape index (κ3) is 8.69. The molecule has 4 rings (SSSR count). The first-order valence-corrected chi connectivity index (χ1v) is 11.5. The van der Waals surface area contributed by atoms with E-state index in [0.717, 1.165) is 16.5 Å². The molecule has 0 saturated heterocycles. The van der Waals surface area contributed by atoms with Crippen molar-refractivity contribution in [3.63, 3.8) is 0 Å². The average molecular weight is 447 g/mol. The van der Waals surface area contributed by atoms with Gasteiger partial charge in [-0.3, -0.25) is 4.79 Å². The molecule has 0 aliphatic rings. The average Bonchev–Trinajstić information content (AvgIpc) is 2.89. The summed E-state index contributed by atoms with van der Waals surface area (Å²) in [5.74, 6) is 1.57. The van der Waals surface area contributed by atoms with Crippen molar-refractivity contribution in [2.75, 3.05) is 5.32 Å². The van der Waals surface area contributed by atoms with Gasteiger partial charge < -0.3 is 10.1 Å². The van der Waals surface area contributed by atoms with E-state index in [1.54, 1.807) is 18.3 Å². The molecule has 1 N–H and O–H groups in total. The van der Waals surface area contributed by atoms with Crippen LogP contribution in [0.4, 0.5) is 5.82 Å². The number of pyridine rings is 1. The summed E-state index contributed by atoms with van der Waals surface area (Å²) in [6, 6.07) is 20.4. The van der Waals surface area contributed by atoms with Crippen molar-refractivity contribution in [3.8, 4) is 11.6 Å². The minimum atomic E-state index is -0.121. The molecule has 4 aromatic rings. The van der Waals surface area contributed by atoms with Gasteiger partial charge in [0.2, 0.25) is 11.8 Å². The molecule has 0 saturated carbocycles. The molecular weight excluding hydrogens is 412 g/mol. The number of para-hydroxylation sites is 1. The van der Waals surface area contributed by atoms with Gasteiger partial charge in [-0.25, -0.2) is 15.0 Å². The lowest BCUT2D eigenvalue weighted by molar-refractivity contribution is -0.115. The molecule has 0 radical (unpaired) electrons. The van der Waals surface area contributed by atoms with E-state index >= 15 is 0 Å². The number of nitrogens with zero attached hydrogens (tertiary/aromatic N) is 3. The molecule has 0 atom stereocenters. The Balaban J connectivity index is 0.000000841. The number of ether oxygens (including phenoxy) is 1. The Morgan fingerprint density at radius 3 is 2.12 bits per heavy atom. The Morgan fingerprint density at radius 1 is 0.788 bits per heavy atom. The Morgan fingerprint density at radius 2 is 1.45 bits per heavy atom. The smallest absolute Gasteiger partial charge is 0.230 e. The van der Waals surface area contributed by atoms with E-state index in [1.165, 1.54) is 6.33 Å². The molecule has 1 amide bonds. The number of amides is 1. The van der Waals surface area contributed by atoms with Crippen LogP contribution in [0.25, 0.3) is 10.9 Å². The first kappa shape index (κ1) is 27.2. The number of nitrogens with one attached hydrogen (secondary N) is 1. The molecule has 33 heavy (non-hydrogen) atoms. The minimum Gasteiger partial charge on any atom is -0.438 e. The summed E-state index contributed by atoms with van der Waals surface area (Å²) in [7, 11) is 0. The van der Waals surface area contributed by atoms with Crippen molar-refractivity contribution in [3.05, 3.63) is 84.8 Å². The lowest BCUT2D eigenvalue weighted by atomic mass is 10.1. The summed E-state index contributed by atoms with van der Waals surface area (Å²) in [4.78, 5) is 24.6. The fraction of sp³-hybridized carbons (Fsp3) is 0.259. The number of anilines is 1. The molecular formula is C27H34N4O2. The van der Waals surface area contributed by atoms with Crippen LogP contribution in [0.1, 0.15) is 47.1 Å². The maximum absolute atomic E-state index is 12.1. The number of carbonyl (C=O) groups is 1. The van der Waals surface area contributed by atoms with Crippen LogP contribution in [0, 0.1) is 0 Å². The third-order valence-corrected chi connectivity index (χ3v) is 3.94. The number of benzene rings is 2. The number of hydrogen-bond donors (Lipinski definition) is 1. The second-order valence-corrected chi connectivity index (χ2v) is 5.88. The standard InChI is InChI=1S/C21H16N4O2.3C2H6/c26-20(25-19-7-3-4-12-22-19)13-15-8-10-16(11-9-15)27-21-17-5-1-2-6-18(17)23-14-24-21;3*1-2/h1-12,14H,13H2,(H,22,25,26);3*1-2H3. The molecule has 6 heteroatoms. The predicted molar refractivity (Wildman–Crippen MR) is 137 cm³/mol. The van der Waals surface area contributed by atoms with Gasteiger partial charge in [0.1, 0.15) is 17.9 Å². The third-order valence-electron chi connectivity index (χ3n) is 3.94. The van der Waals surface area contributed by atoms with Crippen LogP contribution in [-0.2, 0) is 11.2 Å². The van der Waals surface area contributed by atoms with Crippen LogP contribution in [0.15, 0.2) is 79.3 Å². The number of rotatable bonds is 5. The van der Waals surface area contributed by atoms with E-state index in [9.17, 15) is 4.79 Å². The zero-order valence-electron chi connectivity index (χ0n) is 20.4. The molecule has 2 heterocycles. The highest BCUT2D eigenvalue weighted by molar-refractivity contribution is 5.91. The van der Waals surface area contributed by atoms with E-state index in [2.05, 4.69) is 20.3 Å². The molecule has 0 unspecified atom stereocenters. The molecule has 2 aromatic carbocycles. The van der Waals surface area contributed by atoms with Crippen molar-refractivity contribution in [1.29, 1.82) is 0 Å². The van der Waals surface area contributed by atoms with Crippen molar-refractivity contribution in [1.82, 2.24) is 15.0 Å². The van der Waals surface area contributed by atoms with E-state index in [4.69, 9.17) is 4.74 Å².